The quantitative estimate of drug-likeness (QED) is 0.832. The first kappa shape index (κ1) is 15.6. The molecule has 0 aliphatic rings. The lowest BCUT2D eigenvalue weighted by molar-refractivity contribution is 0.102. The van der Waals surface area contributed by atoms with Gasteiger partial charge in [0.2, 0.25) is 0 Å². The third-order valence-electron chi connectivity index (χ3n) is 2.91. The predicted octanol–water partition coefficient (Wildman–Crippen LogP) is 3.22. The zero-order valence-electron chi connectivity index (χ0n) is 12.6. The molecular weight excluding hydrogens is 280 g/mol. The Morgan fingerprint density at radius 3 is 2.82 bits per heavy atom. The molecule has 0 saturated heterocycles. The van der Waals surface area contributed by atoms with Crippen LogP contribution in [-0.2, 0) is 0 Å². The minimum Gasteiger partial charge on any atom is -0.493 e. The van der Waals surface area contributed by atoms with Gasteiger partial charge in [-0.25, -0.2) is 4.98 Å². The fourth-order valence-corrected chi connectivity index (χ4v) is 1.88. The Hall–Kier alpha value is -2.82. The molecule has 1 heterocycles. The summed E-state index contributed by atoms with van der Waals surface area (Å²) in [6, 6.07) is 10.4. The van der Waals surface area contributed by atoms with Gasteiger partial charge in [-0.2, -0.15) is 0 Å². The lowest BCUT2D eigenvalue weighted by Gasteiger charge is -2.11. The number of nitrogens with zero attached hydrogens (tertiary/aromatic N) is 1. The summed E-state index contributed by atoms with van der Waals surface area (Å²) in [6.07, 6.45) is 1.64. The number of anilines is 1. The summed E-state index contributed by atoms with van der Waals surface area (Å²) >= 11 is 0. The van der Waals surface area contributed by atoms with Gasteiger partial charge in [-0.15, -0.1) is 0 Å². The number of aromatic nitrogens is 1. The summed E-state index contributed by atoms with van der Waals surface area (Å²) in [4.78, 5) is 16.5. The topological polar surface area (TPSA) is 60.5 Å². The van der Waals surface area contributed by atoms with Crippen molar-refractivity contribution in [2.75, 3.05) is 19.0 Å². The van der Waals surface area contributed by atoms with E-state index in [0.29, 0.717) is 29.5 Å². The summed E-state index contributed by atoms with van der Waals surface area (Å²) in [7, 11) is 1.53. The predicted molar refractivity (Wildman–Crippen MR) is 85.6 cm³/mol. The first-order valence-corrected chi connectivity index (χ1v) is 6.81. The molecule has 1 aromatic heterocycles. The molecule has 1 N–H and O–H groups in total. The van der Waals surface area contributed by atoms with E-state index in [1.54, 1.807) is 30.3 Å². The molecule has 2 rings (SSSR count). The van der Waals surface area contributed by atoms with E-state index in [4.69, 9.17) is 9.47 Å². The highest BCUT2D eigenvalue weighted by molar-refractivity contribution is 6.04. The number of methoxy groups -OCH3 is 1. The normalized spacial score (nSPS) is 9.91. The van der Waals surface area contributed by atoms with E-state index in [-0.39, 0.29) is 5.91 Å². The number of pyridine rings is 1. The van der Waals surface area contributed by atoms with Crippen molar-refractivity contribution < 1.29 is 14.3 Å². The van der Waals surface area contributed by atoms with E-state index in [0.717, 1.165) is 5.69 Å². The highest BCUT2D eigenvalue weighted by atomic mass is 16.5. The molecule has 0 fully saturated rings. The molecule has 0 radical (unpaired) electrons. The number of aryl methyl sites for hydroxylation is 1. The van der Waals surface area contributed by atoms with Gasteiger partial charge in [-0.1, -0.05) is 18.7 Å². The smallest absolute Gasteiger partial charge is 0.256 e. The summed E-state index contributed by atoms with van der Waals surface area (Å²) in [5, 5.41) is 2.75. The Kier molecular flexibility index (Phi) is 5.14. The number of carbonyl (C=O) groups excluding carboxylic acids is 1. The number of amides is 1. The van der Waals surface area contributed by atoms with Crippen LogP contribution in [0.15, 0.2) is 49.1 Å². The Balaban J connectivity index is 2.17. The second-order valence-corrected chi connectivity index (χ2v) is 4.58. The highest BCUT2D eigenvalue weighted by Crippen LogP contribution is 2.28. The van der Waals surface area contributed by atoms with Gasteiger partial charge in [0, 0.05) is 11.3 Å². The van der Waals surface area contributed by atoms with Gasteiger partial charge in [0.05, 0.1) is 7.11 Å². The largest absolute Gasteiger partial charge is 0.493 e. The Bertz CT molecular complexity index is 683. The van der Waals surface area contributed by atoms with Crippen LogP contribution in [0.3, 0.4) is 0 Å². The van der Waals surface area contributed by atoms with Crippen LogP contribution in [0.5, 0.6) is 11.5 Å². The van der Waals surface area contributed by atoms with E-state index in [2.05, 4.69) is 16.9 Å². The summed E-state index contributed by atoms with van der Waals surface area (Å²) < 4.78 is 10.7. The number of hydrogen-bond donors (Lipinski definition) is 1. The second-order valence-electron chi connectivity index (χ2n) is 4.58. The fourth-order valence-electron chi connectivity index (χ4n) is 1.88. The molecule has 5 nitrogen and oxygen atoms in total. The highest BCUT2D eigenvalue weighted by Gasteiger charge is 2.11. The average molecular weight is 298 g/mol. The van der Waals surface area contributed by atoms with E-state index in [1.807, 2.05) is 19.1 Å². The minimum atomic E-state index is -0.258. The number of nitrogens with one attached hydrogen (secondary N) is 1. The molecule has 0 spiro atoms. The molecule has 0 aliphatic carbocycles. The molecule has 0 atom stereocenters. The Morgan fingerprint density at radius 1 is 1.32 bits per heavy atom. The maximum atomic E-state index is 12.3. The van der Waals surface area contributed by atoms with Crippen LogP contribution in [0.4, 0.5) is 5.82 Å². The van der Waals surface area contributed by atoms with Gasteiger partial charge in [0.1, 0.15) is 12.4 Å². The van der Waals surface area contributed by atoms with E-state index < -0.39 is 0 Å². The number of benzene rings is 1. The maximum Gasteiger partial charge on any atom is 0.256 e. The molecule has 1 aromatic carbocycles. The van der Waals surface area contributed by atoms with Crippen LogP contribution >= 0.6 is 0 Å². The number of carbonyl (C=O) groups is 1. The van der Waals surface area contributed by atoms with E-state index >= 15 is 0 Å². The SMILES string of the molecule is C=CCOc1ccc(C(=O)Nc2cccc(C)n2)cc1OC. The lowest BCUT2D eigenvalue weighted by Crippen LogP contribution is -2.13. The summed E-state index contributed by atoms with van der Waals surface area (Å²) in [5.41, 5.74) is 1.30. The molecule has 22 heavy (non-hydrogen) atoms. The summed E-state index contributed by atoms with van der Waals surface area (Å²) in [5.74, 6) is 1.31. The zero-order valence-corrected chi connectivity index (χ0v) is 12.6. The molecule has 0 saturated carbocycles. The molecule has 2 aromatic rings. The number of ether oxygens (including phenoxy) is 2. The molecule has 5 heteroatoms. The summed E-state index contributed by atoms with van der Waals surface area (Å²) in [6.45, 7) is 5.83. The Labute approximate surface area is 129 Å². The van der Waals surface area contributed by atoms with Gasteiger partial charge in [-0.05, 0) is 37.3 Å². The molecule has 0 unspecified atom stereocenters. The number of rotatable bonds is 6. The number of hydrogen-bond acceptors (Lipinski definition) is 4. The fraction of sp³-hybridized carbons (Fsp3) is 0.176. The minimum absolute atomic E-state index is 0.258. The molecule has 114 valence electrons. The van der Waals surface area contributed by atoms with Crippen molar-refractivity contribution in [1.82, 2.24) is 4.98 Å². The van der Waals surface area contributed by atoms with Crippen molar-refractivity contribution >= 4 is 11.7 Å². The van der Waals surface area contributed by atoms with Crippen molar-refractivity contribution in [2.24, 2.45) is 0 Å². The molecule has 1 amide bonds. The van der Waals surface area contributed by atoms with Gasteiger partial charge in [-0.3, -0.25) is 4.79 Å². The lowest BCUT2D eigenvalue weighted by atomic mass is 10.2. The van der Waals surface area contributed by atoms with Crippen LogP contribution in [0, 0.1) is 6.92 Å². The average Bonchev–Trinajstić information content (AvgIpc) is 2.52. The Morgan fingerprint density at radius 2 is 2.14 bits per heavy atom. The monoisotopic (exact) mass is 298 g/mol. The van der Waals surface area contributed by atoms with Crippen molar-refractivity contribution in [3.05, 3.63) is 60.3 Å². The van der Waals surface area contributed by atoms with Crippen molar-refractivity contribution in [2.45, 2.75) is 6.92 Å². The second kappa shape index (κ2) is 7.26. The third-order valence-corrected chi connectivity index (χ3v) is 2.91. The van der Waals surface area contributed by atoms with Crippen LogP contribution < -0.4 is 14.8 Å². The van der Waals surface area contributed by atoms with Crippen molar-refractivity contribution in [3.63, 3.8) is 0 Å². The van der Waals surface area contributed by atoms with Crippen LogP contribution in [-0.4, -0.2) is 24.6 Å². The van der Waals surface area contributed by atoms with Crippen molar-refractivity contribution in [1.29, 1.82) is 0 Å². The maximum absolute atomic E-state index is 12.3. The molecule has 0 aliphatic heterocycles. The third kappa shape index (κ3) is 3.85. The van der Waals surface area contributed by atoms with Gasteiger partial charge in [0.25, 0.3) is 5.91 Å². The van der Waals surface area contributed by atoms with Crippen molar-refractivity contribution in [3.8, 4) is 11.5 Å². The van der Waals surface area contributed by atoms with Crippen LogP contribution in [0.25, 0.3) is 0 Å². The standard InChI is InChI=1S/C17H18N2O3/c1-4-10-22-14-9-8-13(11-15(14)21-3)17(20)19-16-7-5-6-12(2)18-16/h4-9,11H,1,10H2,2-3H3,(H,18,19,20). The van der Waals surface area contributed by atoms with E-state index in [1.165, 1.54) is 7.11 Å². The van der Waals surface area contributed by atoms with Gasteiger partial charge in [0.15, 0.2) is 11.5 Å². The van der Waals surface area contributed by atoms with E-state index in [9.17, 15) is 4.79 Å². The molecular formula is C17H18N2O3. The van der Waals surface area contributed by atoms with Crippen LogP contribution in [0.2, 0.25) is 0 Å². The first-order chi connectivity index (χ1) is 10.6. The van der Waals surface area contributed by atoms with Crippen LogP contribution in [0.1, 0.15) is 16.1 Å². The zero-order chi connectivity index (χ0) is 15.9. The molecule has 0 bridgehead atoms. The first-order valence-electron chi connectivity index (χ1n) is 6.81. The van der Waals surface area contributed by atoms with Gasteiger partial charge >= 0.3 is 0 Å². The van der Waals surface area contributed by atoms with Gasteiger partial charge < -0.3 is 14.8 Å².